The number of hydrogen-bond acceptors (Lipinski definition) is 6. The van der Waals surface area contributed by atoms with Crippen LogP contribution < -0.4 is 9.80 Å². The molecule has 278 valence electrons. The molecular formula is C54H30N4O2. The van der Waals surface area contributed by atoms with E-state index in [9.17, 15) is 10.5 Å². The molecule has 6 heteroatoms. The summed E-state index contributed by atoms with van der Waals surface area (Å²) < 4.78 is 13.5. The molecule has 0 aliphatic heterocycles. The van der Waals surface area contributed by atoms with E-state index in [0.29, 0.717) is 11.1 Å². The van der Waals surface area contributed by atoms with Crippen LogP contribution in [-0.2, 0) is 0 Å². The molecule has 0 atom stereocenters. The van der Waals surface area contributed by atoms with Gasteiger partial charge in [-0.25, -0.2) is 0 Å². The van der Waals surface area contributed by atoms with E-state index < -0.39 is 0 Å². The Morgan fingerprint density at radius 1 is 0.333 bits per heavy atom. The minimum Gasteiger partial charge on any atom is -0.454 e. The van der Waals surface area contributed by atoms with Crippen molar-refractivity contribution < 1.29 is 8.83 Å². The van der Waals surface area contributed by atoms with Crippen molar-refractivity contribution >= 4 is 110 Å². The average molecular weight is 767 g/mol. The number of nitriles is 2. The van der Waals surface area contributed by atoms with Gasteiger partial charge < -0.3 is 18.6 Å². The molecule has 0 spiro atoms. The Morgan fingerprint density at radius 3 is 1.20 bits per heavy atom. The van der Waals surface area contributed by atoms with Gasteiger partial charge in [-0.2, -0.15) is 10.5 Å². The third kappa shape index (κ3) is 4.80. The van der Waals surface area contributed by atoms with Crippen LogP contribution >= 0.6 is 0 Å². The predicted molar refractivity (Wildman–Crippen MR) is 243 cm³/mol. The van der Waals surface area contributed by atoms with E-state index in [1.54, 1.807) is 6.07 Å². The summed E-state index contributed by atoms with van der Waals surface area (Å²) >= 11 is 0. The van der Waals surface area contributed by atoms with Crippen LogP contribution in [0.2, 0.25) is 0 Å². The summed E-state index contributed by atoms with van der Waals surface area (Å²) in [7, 11) is 0. The summed E-state index contributed by atoms with van der Waals surface area (Å²) in [4.78, 5) is 4.56. The maximum absolute atomic E-state index is 10.5. The molecule has 0 bridgehead atoms. The number of benzene rings is 10. The fourth-order valence-electron chi connectivity index (χ4n) is 9.30. The SMILES string of the molecule is N#Cc1cc(C#N)c2ccc3c(N(c4ccccc4)c4cccc5c4oc4ccccc45)cc(N(c4ccccc4)c4cccc5c4oc4ccccc45)c4ccc1c2c43. The summed E-state index contributed by atoms with van der Waals surface area (Å²) in [6.45, 7) is 0. The van der Waals surface area contributed by atoms with Crippen LogP contribution in [0.5, 0.6) is 0 Å². The quantitative estimate of drug-likeness (QED) is 0.157. The zero-order valence-electron chi connectivity index (χ0n) is 31.9. The van der Waals surface area contributed by atoms with E-state index in [4.69, 9.17) is 8.83 Å². The van der Waals surface area contributed by atoms with E-state index in [2.05, 4.69) is 137 Å². The lowest BCUT2D eigenvalue weighted by Crippen LogP contribution is -2.15. The lowest BCUT2D eigenvalue weighted by Gasteiger charge is -2.32. The smallest absolute Gasteiger partial charge is 0.159 e. The lowest BCUT2D eigenvalue weighted by molar-refractivity contribution is 0.669. The van der Waals surface area contributed by atoms with Gasteiger partial charge in [-0.3, -0.25) is 0 Å². The Hall–Kier alpha value is -8.58. The molecule has 6 nitrogen and oxygen atoms in total. The molecule has 10 aromatic carbocycles. The summed E-state index contributed by atoms with van der Waals surface area (Å²) in [6, 6.07) is 66.7. The average Bonchev–Trinajstić information content (AvgIpc) is 3.89. The first-order valence-electron chi connectivity index (χ1n) is 19.8. The van der Waals surface area contributed by atoms with Crippen molar-refractivity contribution in [1.82, 2.24) is 0 Å². The Morgan fingerprint density at radius 2 is 0.733 bits per heavy atom. The molecular weight excluding hydrogens is 737 g/mol. The standard InChI is InChI=1S/C54H30N4O2/c55-31-33-29-34(32-56)38-26-28-44-48(58(36-15-5-2-6-16-36)46-22-12-20-42-40-18-8-10-24-50(40)60-54(42)46)30-47(43-27-25-37(33)51(38)52(43)44)57(35-13-3-1-4-14-35)45-21-11-19-41-39-17-7-9-23-49(39)59-53(41)45/h1-30H. The first-order chi connectivity index (χ1) is 29.7. The largest absolute Gasteiger partial charge is 0.454 e. The normalized spacial score (nSPS) is 11.6. The lowest BCUT2D eigenvalue weighted by atomic mass is 9.88. The number of para-hydroxylation sites is 6. The van der Waals surface area contributed by atoms with E-state index in [1.165, 1.54) is 0 Å². The van der Waals surface area contributed by atoms with Crippen LogP contribution in [0.1, 0.15) is 11.1 Å². The molecule has 0 aliphatic rings. The maximum Gasteiger partial charge on any atom is 0.159 e. The van der Waals surface area contributed by atoms with E-state index in [1.807, 2.05) is 60.7 Å². The Kier molecular flexibility index (Phi) is 7.26. The van der Waals surface area contributed by atoms with Crippen molar-refractivity contribution in [3.05, 3.63) is 193 Å². The van der Waals surface area contributed by atoms with Crippen molar-refractivity contribution in [2.75, 3.05) is 9.80 Å². The molecule has 2 heterocycles. The molecule has 0 unspecified atom stereocenters. The number of fused-ring (bicyclic) bond motifs is 6. The summed E-state index contributed by atoms with van der Waals surface area (Å²) in [5.74, 6) is 0. The summed E-state index contributed by atoms with van der Waals surface area (Å²) in [5.41, 5.74) is 9.47. The first kappa shape index (κ1) is 33.5. The fraction of sp³-hybridized carbons (Fsp3) is 0. The van der Waals surface area contributed by atoms with Gasteiger partial charge in [-0.05, 0) is 60.7 Å². The highest BCUT2D eigenvalue weighted by atomic mass is 16.3. The minimum absolute atomic E-state index is 0.458. The summed E-state index contributed by atoms with van der Waals surface area (Å²) in [6.07, 6.45) is 0. The molecule has 12 aromatic rings. The van der Waals surface area contributed by atoms with Gasteiger partial charge in [0.15, 0.2) is 11.2 Å². The molecule has 0 saturated heterocycles. The molecule has 0 N–H and O–H groups in total. The zero-order chi connectivity index (χ0) is 39.9. The fourth-order valence-corrected chi connectivity index (χ4v) is 9.30. The Balaban J connectivity index is 1.27. The molecule has 60 heavy (non-hydrogen) atoms. The number of rotatable bonds is 6. The first-order valence-corrected chi connectivity index (χ1v) is 19.8. The van der Waals surface area contributed by atoms with Gasteiger partial charge in [-0.1, -0.05) is 121 Å². The Bertz CT molecular complexity index is 3520. The van der Waals surface area contributed by atoms with Gasteiger partial charge >= 0.3 is 0 Å². The van der Waals surface area contributed by atoms with Gasteiger partial charge in [0.25, 0.3) is 0 Å². The van der Waals surface area contributed by atoms with E-state index in [-0.39, 0.29) is 0 Å². The highest BCUT2D eigenvalue weighted by Gasteiger charge is 2.28. The molecule has 0 saturated carbocycles. The number of anilines is 6. The zero-order valence-corrected chi connectivity index (χ0v) is 31.9. The molecule has 12 rings (SSSR count). The molecule has 2 aromatic heterocycles. The monoisotopic (exact) mass is 766 g/mol. The van der Waals surface area contributed by atoms with Crippen LogP contribution in [0.3, 0.4) is 0 Å². The van der Waals surface area contributed by atoms with Crippen molar-refractivity contribution in [3.8, 4) is 12.1 Å². The van der Waals surface area contributed by atoms with Crippen molar-refractivity contribution in [1.29, 1.82) is 10.5 Å². The van der Waals surface area contributed by atoms with Gasteiger partial charge in [0.1, 0.15) is 11.2 Å². The van der Waals surface area contributed by atoms with E-state index >= 15 is 0 Å². The predicted octanol–water partition coefficient (Wildman–Crippen LogP) is 15.1. The van der Waals surface area contributed by atoms with Crippen molar-refractivity contribution in [2.45, 2.75) is 0 Å². The van der Waals surface area contributed by atoms with Gasteiger partial charge in [0.2, 0.25) is 0 Å². The molecule has 0 fully saturated rings. The maximum atomic E-state index is 10.5. The third-order valence-corrected chi connectivity index (χ3v) is 11.9. The number of furan rings is 2. The second kappa shape index (κ2) is 13.0. The topological polar surface area (TPSA) is 80.3 Å². The third-order valence-electron chi connectivity index (χ3n) is 11.9. The molecule has 0 aliphatic carbocycles. The Labute approximate surface area is 343 Å². The van der Waals surface area contributed by atoms with Crippen LogP contribution in [0.15, 0.2) is 191 Å². The second-order valence-electron chi connectivity index (χ2n) is 15.0. The van der Waals surface area contributed by atoms with E-state index in [0.717, 1.165) is 110 Å². The van der Waals surface area contributed by atoms with Crippen LogP contribution in [-0.4, -0.2) is 0 Å². The van der Waals surface area contributed by atoms with Gasteiger partial charge in [-0.15, -0.1) is 0 Å². The van der Waals surface area contributed by atoms with Crippen LogP contribution in [0.4, 0.5) is 34.1 Å². The highest BCUT2D eigenvalue weighted by molar-refractivity contribution is 6.30. The van der Waals surface area contributed by atoms with Crippen molar-refractivity contribution in [2.24, 2.45) is 0 Å². The second-order valence-corrected chi connectivity index (χ2v) is 15.0. The molecule has 0 radical (unpaired) electrons. The molecule has 0 amide bonds. The van der Waals surface area contributed by atoms with Gasteiger partial charge in [0.05, 0.1) is 46.0 Å². The number of hydrogen-bond donors (Lipinski definition) is 0. The number of nitrogens with zero attached hydrogens (tertiary/aromatic N) is 4. The van der Waals surface area contributed by atoms with Gasteiger partial charge in [0, 0.05) is 65.2 Å². The minimum atomic E-state index is 0.458. The van der Waals surface area contributed by atoms with Crippen LogP contribution in [0, 0.1) is 22.7 Å². The summed E-state index contributed by atoms with van der Waals surface area (Å²) in [5, 5.41) is 30.4. The highest BCUT2D eigenvalue weighted by Crippen LogP contribution is 2.53. The van der Waals surface area contributed by atoms with Crippen LogP contribution in [0.25, 0.3) is 76.2 Å². The van der Waals surface area contributed by atoms with Crippen molar-refractivity contribution in [3.63, 3.8) is 0 Å².